The molecule has 4 aliphatic rings. The van der Waals surface area contributed by atoms with Crippen molar-refractivity contribution in [2.24, 2.45) is 5.92 Å². The van der Waals surface area contributed by atoms with E-state index in [1.54, 1.807) is 39.0 Å². The number of amides is 3. The van der Waals surface area contributed by atoms with Crippen molar-refractivity contribution < 1.29 is 23.7 Å². The van der Waals surface area contributed by atoms with E-state index in [0.29, 0.717) is 62.9 Å². The summed E-state index contributed by atoms with van der Waals surface area (Å²) < 4.78 is 20.1. The van der Waals surface area contributed by atoms with Gasteiger partial charge in [-0.1, -0.05) is 19.1 Å². The van der Waals surface area contributed by atoms with Gasteiger partial charge in [0.05, 0.1) is 39.7 Å². The van der Waals surface area contributed by atoms with Gasteiger partial charge in [-0.15, -0.1) is 0 Å². The first-order chi connectivity index (χ1) is 32.4. The summed E-state index contributed by atoms with van der Waals surface area (Å²) in [5.74, 6) is 1.14. The lowest BCUT2D eigenvalue weighted by molar-refractivity contribution is -0.138. The van der Waals surface area contributed by atoms with Gasteiger partial charge in [-0.3, -0.25) is 34.6 Å². The van der Waals surface area contributed by atoms with Gasteiger partial charge >= 0.3 is 0 Å². The van der Waals surface area contributed by atoms with Crippen LogP contribution in [-0.4, -0.2) is 126 Å². The Morgan fingerprint density at radius 3 is 2.33 bits per heavy atom. The molecule has 0 saturated carbocycles. The molecule has 352 valence electrons. The van der Waals surface area contributed by atoms with Gasteiger partial charge in [0.15, 0.2) is 0 Å². The molecule has 4 saturated heterocycles. The Labute approximate surface area is 400 Å². The number of fused-ring (bicyclic) bond motifs is 1. The number of aromatic nitrogens is 4. The molecule has 5 aromatic rings. The van der Waals surface area contributed by atoms with Gasteiger partial charge in [0.25, 0.3) is 0 Å². The van der Waals surface area contributed by atoms with Gasteiger partial charge < -0.3 is 34.6 Å². The number of hydrogen-bond acceptors (Lipinski definition) is 14. The van der Waals surface area contributed by atoms with Crippen LogP contribution in [0.4, 0.5) is 34.5 Å². The van der Waals surface area contributed by atoms with E-state index < -0.39 is 7.14 Å². The van der Waals surface area contributed by atoms with Crippen molar-refractivity contribution in [3.63, 3.8) is 0 Å². The van der Waals surface area contributed by atoms with E-state index in [-0.39, 0.29) is 29.6 Å². The normalized spacial score (nSPS) is 19.1. The molecule has 1 atom stereocenters. The van der Waals surface area contributed by atoms with Crippen molar-refractivity contribution in [2.75, 3.05) is 93.2 Å². The number of imide groups is 1. The molecule has 18 heteroatoms. The number of benzene rings is 3. The third-order valence-electron chi connectivity index (χ3n) is 13.8. The Morgan fingerprint density at radius 1 is 0.866 bits per heavy atom. The number of carbonyl (C=O) groups excluding carboxylic acids is 3. The second-order valence-corrected chi connectivity index (χ2v) is 22.4. The highest BCUT2D eigenvalue weighted by molar-refractivity contribution is 9.10. The van der Waals surface area contributed by atoms with Crippen LogP contribution in [0.5, 0.6) is 5.75 Å². The fraction of sp³-hybridized carbons (Fsp3) is 0.449. The first-order valence-corrected chi connectivity index (χ1v) is 26.8. The largest absolute Gasteiger partial charge is 0.494 e. The first kappa shape index (κ1) is 46.5. The number of anilines is 6. The predicted molar refractivity (Wildman–Crippen MR) is 267 cm³/mol. The molecule has 1 unspecified atom stereocenters. The molecule has 2 aromatic heterocycles. The van der Waals surface area contributed by atoms with Crippen LogP contribution in [0.3, 0.4) is 0 Å². The van der Waals surface area contributed by atoms with Crippen molar-refractivity contribution in [1.82, 2.24) is 35.1 Å². The molecule has 3 amide bonds. The van der Waals surface area contributed by atoms with Crippen LogP contribution in [0.25, 0.3) is 11.0 Å². The van der Waals surface area contributed by atoms with Crippen LogP contribution in [0.15, 0.2) is 71.6 Å². The Balaban J connectivity index is 0.780. The highest BCUT2D eigenvalue weighted by Crippen LogP contribution is 2.42. The first-order valence-electron chi connectivity index (χ1n) is 23.4. The van der Waals surface area contributed by atoms with Gasteiger partial charge in [-0.25, -0.2) is 4.98 Å². The fourth-order valence-corrected chi connectivity index (χ4v) is 11.9. The minimum absolute atomic E-state index is 0.0254. The number of ether oxygens (including phenoxy) is 1. The Hall–Kier alpha value is -5.64. The fourth-order valence-electron chi connectivity index (χ4n) is 10.3. The average molecular weight is 993 g/mol. The van der Waals surface area contributed by atoms with Gasteiger partial charge in [0, 0.05) is 107 Å². The molecule has 0 aliphatic carbocycles. The number of nitrogens with one attached hydrogen (secondary N) is 3. The van der Waals surface area contributed by atoms with E-state index in [9.17, 15) is 18.9 Å². The summed E-state index contributed by atoms with van der Waals surface area (Å²) in [7, 11) is -1.10. The molecule has 67 heavy (non-hydrogen) atoms. The minimum atomic E-state index is -2.78. The molecule has 16 nitrogen and oxygen atoms in total. The molecule has 0 bridgehead atoms. The lowest BCUT2D eigenvalue weighted by Gasteiger charge is -2.44. The monoisotopic (exact) mass is 991 g/mol. The Morgan fingerprint density at radius 2 is 1.61 bits per heavy atom. The maximum absolute atomic E-state index is 13.8. The number of nitrogens with zero attached hydrogens (tertiary/aromatic N) is 8. The van der Waals surface area contributed by atoms with Gasteiger partial charge in [0.1, 0.15) is 24.2 Å². The lowest BCUT2D eigenvalue weighted by Crippen LogP contribution is -2.55. The molecular formula is C49H59BrN11O5P. The molecule has 4 fully saturated rings. The zero-order valence-electron chi connectivity index (χ0n) is 38.6. The van der Waals surface area contributed by atoms with Crippen LogP contribution in [0.1, 0.15) is 62.5 Å². The quantitative estimate of drug-likeness (QED) is 0.0857. The number of methoxy groups -OCH3 is 1. The summed E-state index contributed by atoms with van der Waals surface area (Å²) in [5, 5.41) is 9.87. The molecule has 3 N–H and O–H groups in total. The van der Waals surface area contributed by atoms with Gasteiger partial charge in [0.2, 0.25) is 23.7 Å². The van der Waals surface area contributed by atoms with Crippen LogP contribution < -0.4 is 35.8 Å². The topological polar surface area (TPSA) is 178 Å². The third kappa shape index (κ3) is 10.1. The lowest BCUT2D eigenvalue weighted by atomic mass is 9.89. The third-order valence-corrected chi connectivity index (χ3v) is 16.0. The summed E-state index contributed by atoms with van der Waals surface area (Å²) >= 11 is 3.60. The van der Waals surface area contributed by atoms with Gasteiger partial charge in [-0.05, 0) is 109 Å². The summed E-state index contributed by atoms with van der Waals surface area (Å²) in [4.78, 5) is 65.8. The van der Waals surface area contributed by atoms with Crippen LogP contribution >= 0.6 is 23.1 Å². The number of piperidine rings is 3. The number of hydrogen-bond donors (Lipinski definition) is 3. The summed E-state index contributed by atoms with van der Waals surface area (Å²) in [6, 6.07) is 16.5. The zero-order valence-corrected chi connectivity index (χ0v) is 41.1. The molecule has 3 aromatic carbocycles. The van der Waals surface area contributed by atoms with Crippen molar-refractivity contribution >= 4 is 91.6 Å². The summed E-state index contributed by atoms with van der Waals surface area (Å²) in [5.41, 5.74) is 7.04. The summed E-state index contributed by atoms with van der Waals surface area (Å²) in [6.07, 6.45) is 10.3. The molecule has 4 aliphatic heterocycles. The van der Waals surface area contributed by atoms with Crippen molar-refractivity contribution in [3.8, 4) is 5.75 Å². The van der Waals surface area contributed by atoms with Crippen LogP contribution in [0.2, 0.25) is 0 Å². The van der Waals surface area contributed by atoms with Gasteiger partial charge in [-0.2, -0.15) is 4.98 Å². The second kappa shape index (κ2) is 19.9. The van der Waals surface area contributed by atoms with E-state index >= 15 is 0 Å². The molecule has 6 heterocycles. The maximum atomic E-state index is 13.8. The standard InChI is InChI=1S/C49H59BrN11O5P/c1-5-31-28-40(55-49-53-30-37(50)46(57-49)54-39-11-10-38-44(52-18-17-51-38)45(39)67(3,4)65)42(66-2)29-41(31)60-21-15-34(16-22-60)59-23-25-61(26-24-59)48(64)32-13-19-58(20-14-32)35-8-6-7-33(27-35)36-9-12-43(62)56-47(36)63/h6-8,10-11,17-18,27-30,32,34,36H,5,9,12-16,19-26H2,1-4H3,(H,56,62,63)(H2,53,54,55,57). The van der Waals surface area contributed by atoms with E-state index in [2.05, 4.69) is 97.6 Å². The zero-order chi connectivity index (χ0) is 46.8. The van der Waals surface area contributed by atoms with E-state index in [1.807, 2.05) is 24.3 Å². The number of piperazine rings is 1. The number of carbonyl (C=O) groups is 3. The molecule has 9 rings (SSSR count). The highest BCUT2D eigenvalue weighted by Gasteiger charge is 2.34. The molecular weight excluding hydrogens is 933 g/mol. The smallest absolute Gasteiger partial charge is 0.234 e. The Kier molecular flexibility index (Phi) is 13.8. The van der Waals surface area contributed by atoms with Crippen LogP contribution in [-0.2, 0) is 25.4 Å². The summed E-state index contributed by atoms with van der Waals surface area (Å²) in [6.45, 7) is 12.4. The molecule has 0 radical (unpaired) electrons. The molecule has 0 spiro atoms. The van der Waals surface area contributed by atoms with Crippen molar-refractivity contribution in [1.29, 1.82) is 0 Å². The van der Waals surface area contributed by atoms with Crippen LogP contribution in [0, 0.1) is 5.92 Å². The number of halogens is 1. The van der Waals surface area contributed by atoms with Crippen molar-refractivity contribution in [2.45, 2.75) is 63.8 Å². The SMILES string of the molecule is CCc1cc(Nc2ncc(Br)c(Nc3ccc4nccnc4c3P(C)(C)=O)n2)c(OC)cc1N1CCC(N2CCN(C(=O)C3CCN(c4cccc(C5CCC(=O)NC5=O)c4)CC3)CC2)CC1. The highest BCUT2D eigenvalue weighted by atomic mass is 79.9. The van der Waals surface area contributed by atoms with E-state index in [0.717, 1.165) is 101 Å². The van der Waals surface area contributed by atoms with E-state index in [1.165, 1.54) is 11.3 Å². The van der Waals surface area contributed by atoms with Crippen molar-refractivity contribution in [3.05, 3.63) is 82.7 Å². The Bertz CT molecular complexity index is 2710. The minimum Gasteiger partial charge on any atom is -0.494 e. The second-order valence-electron chi connectivity index (χ2n) is 18.4. The number of aryl methyl sites for hydroxylation is 1. The van der Waals surface area contributed by atoms with E-state index in [4.69, 9.17) is 9.72 Å². The maximum Gasteiger partial charge on any atom is 0.234 e. The number of rotatable bonds is 12. The predicted octanol–water partition coefficient (Wildman–Crippen LogP) is 7.04. The average Bonchev–Trinajstić information content (AvgIpc) is 3.34.